The van der Waals surface area contributed by atoms with E-state index in [9.17, 15) is 9.90 Å². The molecular formula is C27H30N2O3. The monoisotopic (exact) mass is 430 g/mol. The van der Waals surface area contributed by atoms with E-state index in [0.29, 0.717) is 17.5 Å². The van der Waals surface area contributed by atoms with Gasteiger partial charge in [0.2, 0.25) is 0 Å². The number of hydrogen-bond acceptors (Lipinski definition) is 4. The first-order chi connectivity index (χ1) is 15.6. The van der Waals surface area contributed by atoms with E-state index in [1.165, 1.54) is 12.8 Å². The zero-order valence-electron chi connectivity index (χ0n) is 18.8. The van der Waals surface area contributed by atoms with Gasteiger partial charge in [0.25, 0.3) is 0 Å². The summed E-state index contributed by atoms with van der Waals surface area (Å²) in [7, 11) is 0. The van der Waals surface area contributed by atoms with Gasteiger partial charge in [0, 0.05) is 24.0 Å². The quantitative estimate of drug-likeness (QED) is 0.452. The maximum atomic E-state index is 12.2. The number of carboxylic acid groups (broad SMARTS) is 1. The number of hydrogen-bond donors (Lipinski definition) is 1. The Morgan fingerprint density at radius 2 is 1.88 bits per heavy atom. The van der Waals surface area contributed by atoms with Gasteiger partial charge in [-0.15, -0.1) is 0 Å². The highest BCUT2D eigenvalue weighted by molar-refractivity contribution is 6.06. The lowest BCUT2D eigenvalue weighted by Gasteiger charge is -2.30. The van der Waals surface area contributed by atoms with Crippen molar-refractivity contribution in [2.75, 3.05) is 19.7 Å². The summed E-state index contributed by atoms with van der Waals surface area (Å²) in [5, 5.41) is 10.7. The van der Waals surface area contributed by atoms with Crippen LogP contribution in [0.1, 0.15) is 60.3 Å². The van der Waals surface area contributed by atoms with E-state index in [-0.39, 0.29) is 0 Å². The third-order valence-corrected chi connectivity index (χ3v) is 5.97. The van der Waals surface area contributed by atoms with Crippen molar-refractivity contribution in [2.24, 2.45) is 0 Å². The Kier molecular flexibility index (Phi) is 6.86. The van der Waals surface area contributed by atoms with Crippen LogP contribution in [-0.2, 0) is 6.54 Å². The van der Waals surface area contributed by atoms with Crippen molar-refractivity contribution < 1.29 is 14.6 Å². The first kappa shape index (κ1) is 22.0. The van der Waals surface area contributed by atoms with Gasteiger partial charge in [-0.3, -0.25) is 4.90 Å². The van der Waals surface area contributed by atoms with Gasteiger partial charge in [0.1, 0.15) is 5.75 Å². The van der Waals surface area contributed by atoms with Crippen molar-refractivity contribution in [1.82, 2.24) is 9.88 Å². The summed E-state index contributed by atoms with van der Waals surface area (Å²) in [5.41, 5.74) is 4.77. The lowest BCUT2D eigenvalue weighted by molar-refractivity contribution is 0.0696. The second kappa shape index (κ2) is 9.96. The molecule has 0 fully saturated rings. The van der Waals surface area contributed by atoms with Gasteiger partial charge in [0.15, 0.2) is 0 Å². The summed E-state index contributed by atoms with van der Waals surface area (Å²) in [5.74, 6) is -0.0264. The molecule has 1 aliphatic heterocycles. The number of rotatable bonds is 8. The topological polar surface area (TPSA) is 62.7 Å². The van der Waals surface area contributed by atoms with E-state index in [0.717, 1.165) is 59.8 Å². The number of carbonyl (C=O) groups is 1. The smallest absolute Gasteiger partial charge is 0.336 e. The van der Waals surface area contributed by atoms with Crippen LogP contribution in [0.3, 0.4) is 0 Å². The number of unbranched alkanes of at least 4 members (excludes halogenated alkanes) is 2. The summed E-state index contributed by atoms with van der Waals surface area (Å²) in [6, 6.07) is 15.6. The van der Waals surface area contributed by atoms with Gasteiger partial charge >= 0.3 is 5.97 Å². The van der Waals surface area contributed by atoms with Crippen LogP contribution >= 0.6 is 0 Å². The molecule has 0 radical (unpaired) electrons. The fraction of sp³-hybridized carbons (Fsp3) is 0.333. The number of aromatic carboxylic acids is 1. The molecule has 0 amide bonds. The van der Waals surface area contributed by atoms with Crippen molar-refractivity contribution >= 4 is 28.5 Å². The minimum atomic E-state index is -0.901. The molecule has 166 valence electrons. The molecule has 2 aromatic carbocycles. The first-order valence-electron chi connectivity index (χ1n) is 11.4. The van der Waals surface area contributed by atoms with Gasteiger partial charge in [0.05, 0.1) is 23.4 Å². The minimum Gasteiger partial charge on any atom is -0.494 e. The lowest BCUT2D eigenvalue weighted by Crippen LogP contribution is -2.31. The van der Waals surface area contributed by atoms with Crippen LogP contribution in [0.5, 0.6) is 5.75 Å². The number of aromatic nitrogens is 1. The Hall–Kier alpha value is -3.18. The standard InChI is InChI=1S/C27H30N2O3/c1-3-5-8-15-32-21-13-11-19(12-14-21)16-20-17-29(4-2)18-23-25(27(30)31)22-9-6-7-10-24(22)28-26(20)23/h6-7,9-14,16H,3-5,8,15,17-18H2,1-2H3,(H,30,31). The minimum absolute atomic E-state index is 0.366. The average molecular weight is 431 g/mol. The molecule has 3 aromatic rings. The van der Waals surface area contributed by atoms with Crippen LogP contribution in [-0.4, -0.2) is 40.7 Å². The second-order valence-electron chi connectivity index (χ2n) is 8.23. The number of ether oxygens (including phenoxy) is 1. The molecule has 5 nitrogen and oxygen atoms in total. The number of likely N-dealkylation sites (N-methyl/N-ethyl adjacent to an activating group) is 1. The maximum absolute atomic E-state index is 12.2. The molecule has 2 heterocycles. The third kappa shape index (κ3) is 4.68. The van der Waals surface area contributed by atoms with Crippen molar-refractivity contribution in [3.63, 3.8) is 0 Å². The van der Waals surface area contributed by atoms with E-state index >= 15 is 0 Å². The predicted molar refractivity (Wildman–Crippen MR) is 129 cm³/mol. The van der Waals surface area contributed by atoms with Crippen molar-refractivity contribution in [1.29, 1.82) is 0 Å². The molecule has 0 saturated heterocycles. The normalized spacial score (nSPS) is 15.1. The maximum Gasteiger partial charge on any atom is 0.336 e. The molecule has 0 atom stereocenters. The Bertz CT molecular complexity index is 1140. The van der Waals surface area contributed by atoms with Crippen LogP contribution in [0.25, 0.3) is 22.6 Å². The van der Waals surface area contributed by atoms with Crippen molar-refractivity contribution in [3.8, 4) is 5.75 Å². The van der Waals surface area contributed by atoms with Gasteiger partial charge in [-0.25, -0.2) is 9.78 Å². The zero-order valence-corrected chi connectivity index (χ0v) is 18.8. The molecule has 0 spiro atoms. The molecule has 1 N–H and O–H groups in total. The number of nitrogens with zero attached hydrogens (tertiary/aromatic N) is 2. The van der Waals surface area contributed by atoms with Gasteiger partial charge in [-0.2, -0.15) is 0 Å². The van der Waals surface area contributed by atoms with Crippen LogP contribution in [0.2, 0.25) is 0 Å². The predicted octanol–water partition coefficient (Wildman–Crippen LogP) is 5.88. The summed E-state index contributed by atoms with van der Waals surface area (Å²) in [6.45, 7) is 7.19. The highest BCUT2D eigenvalue weighted by Gasteiger charge is 2.27. The average Bonchev–Trinajstić information content (AvgIpc) is 2.81. The van der Waals surface area contributed by atoms with Gasteiger partial charge in [-0.05, 0) is 48.4 Å². The Labute approximate surface area is 189 Å². The van der Waals surface area contributed by atoms with E-state index < -0.39 is 5.97 Å². The first-order valence-corrected chi connectivity index (χ1v) is 11.4. The Balaban J connectivity index is 1.71. The summed E-state index contributed by atoms with van der Waals surface area (Å²) in [4.78, 5) is 19.4. The third-order valence-electron chi connectivity index (χ3n) is 5.97. The highest BCUT2D eigenvalue weighted by atomic mass is 16.5. The largest absolute Gasteiger partial charge is 0.494 e. The van der Waals surface area contributed by atoms with E-state index in [2.05, 4.69) is 24.8 Å². The Morgan fingerprint density at radius 1 is 1.09 bits per heavy atom. The molecule has 5 heteroatoms. The van der Waals surface area contributed by atoms with Crippen LogP contribution in [0, 0.1) is 0 Å². The van der Waals surface area contributed by atoms with Crippen molar-refractivity contribution in [3.05, 3.63) is 70.9 Å². The molecule has 32 heavy (non-hydrogen) atoms. The molecule has 1 aliphatic rings. The van der Waals surface area contributed by atoms with E-state index in [1.807, 2.05) is 48.5 Å². The number of benzene rings is 2. The van der Waals surface area contributed by atoms with Crippen LogP contribution < -0.4 is 4.74 Å². The van der Waals surface area contributed by atoms with E-state index in [1.54, 1.807) is 0 Å². The molecule has 0 saturated carbocycles. The molecule has 0 aliphatic carbocycles. The number of fused-ring (bicyclic) bond motifs is 2. The van der Waals surface area contributed by atoms with Crippen LogP contribution in [0.4, 0.5) is 0 Å². The summed E-state index contributed by atoms with van der Waals surface area (Å²) in [6.07, 6.45) is 5.54. The van der Waals surface area contributed by atoms with Gasteiger partial charge < -0.3 is 9.84 Å². The fourth-order valence-corrected chi connectivity index (χ4v) is 4.25. The Morgan fingerprint density at radius 3 is 2.59 bits per heavy atom. The second-order valence-corrected chi connectivity index (χ2v) is 8.23. The molecule has 4 rings (SSSR count). The van der Waals surface area contributed by atoms with Crippen LogP contribution in [0.15, 0.2) is 48.5 Å². The fourth-order valence-electron chi connectivity index (χ4n) is 4.25. The number of carboxylic acids is 1. The molecule has 0 unspecified atom stereocenters. The highest BCUT2D eigenvalue weighted by Crippen LogP contribution is 2.34. The molecule has 1 aromatic heterocycles. The molecular weight excluding hydrogens is 400 g/mol. The zero-order chi connectivity index (χ0) is 22.5. The SMILES string of the molecule is CCCCCOc1ccc(C=C2CN(CC)Cc3c2nc2ccccc2c3C(=O)O)cc1. The molecule has 0 bridgehead atoms. The summed E-state index contributed by atoms with van der Waals surface area (Å²) >= 11 is 0. The van der Waals surface area contributed by atoms with Gasteiger partial charge in [-0.1, -0.05) is 57.0 Å². The van der Waals surface area contributed by atoms with E-state index in [4.69, 9.17) is 9.72 Å². The summed E-state index contributed by atoms with van der Waals surface area (Å²) < 4.78 is 5.83. The number of para-hydroxylation sites is 1. The number of pyridine rings is 1. The lowest BCUT2D eigenvalue weighted by atomic mass is 9.92. The van der Waals surface area contributed by atoms with Crippen molar-refractivity contribution in [2.45, 2.75) is 39.7 Å².